The van der Waals surface area contributed by atoms with Crippen molar-refractivity contribution in [2.45, 2.75) is 65.1 Å². The molecular weight excluding hydrogens is 268 g/mol. The van der Waals surface area contributed by atoms with E-state index in [4.69, 9.17) is 20.1 Å². The summed E-state index contributed by atoms with van der Waals surface area (Å²) in [6, 6.07) is 0. The van der Waals surface area contributed by atoms with Gasteiger partial charge in [-0.1, -0.05) is 45.8 Å². The van der Waals surface area contributed by atoms with Gasteiger partial charge >= 0.3 is 12.3 Å². The van der Waals surface area contributed by atoms with Gasteiger partial charge in [-0.2, -0.15) is 0 Å². The van der Waals surface area contributed by atoms with Crippen molar-refractivity contribution in [1.82, 2.24) is 4.90 Å². The van der Waals surface area contributed by atoms with Gasteiger partial charge in [0.05, 0.1) is 0 Å². The van der Waals surface area contributed by atoms with Gasteiger partial charge in [-0.25, -0.2) is 20.1 Å². The average Bonchev–Trinajstić information content (AvgIpc) is 2.27. The second-order valence-corrected chi connectivity index (χ2v) is 10.1. The molecule has 0 aromatic carbocycles. The van der Waals surface area contributed by atoms with E-state index in [0.29, 0.717) is 0 Å². The van der Waals surface area contributed by atoms with Gasteiger partial charge in [0.15, 0.2) is 0 Å². The van der Waals surface area contributed by atoms with Crippen LogP contribution in [0.15, 0.2) is 0 Å². The van der Waals surface area contributed by atoms with Crippen molar-refractivity contribution >= 4 is 32.4 Å². The van der Waals surface area contributed by atoms with Gasteiger partial charge in [-0.3, -0.25) is 0 Å². The van der Waals surface area contributed by atoms with Crippen LogP contribution in [0.25, 0.3) is 0 Å². The molecule has 0 aliphatic heterocycles. The fourth-order valence-electron chi connectivity index (χ4n) is 1.48. The Morgan fingerprint density at radius 1 is 0.765 bits per heavy atom. The van der Waals surface area contributed by atoms with E-state index < -0.39 is 12.3 Å². The minimum Gasteiger partial charge on any atom is -0.303 e. The molecule has 0 spiro atoms. The monoisotopic (exact) mass is 297 g/mol. The highest BCUT2D eigenvalue weighted by Gasteiger charge is 2.01. The summed E-state index contributed by atoms with van der Waals surface area (Å²) in [6.07, 6.45) is 8.09. The molecule has 0 rings (SSSR count). The van der Waals surface area contributed by atoms with Crippen LogP contribution in [0.1, 0.15) is 59.3 Å². The number of hydrogen-bond donors (Lipinski definition) is 0. The van der Waals surface area contributed by atoms with Gasteiger partial charge in [0, 0.05) is 0 Å². The predicted octanol–water partition coefficient (Wildman–Crippen LogP) is 5.27. The van der Waals surface area contributed by atoms with Crippen LogP contribution < -0.4 is 0 Å². The second kappa shape index (κ2) is 17.1. The largest absolute Gasteiger partial charge is 0.516 e. The molecule has 0 atom stereocenters. The Morgan fingerprint density at radius 2 is 1.00 bits per heavy atom. The summed E-state index contributed by atoms with van der Waals surface area (Å²) in [5, 5.41) is 0. The second-order valence-electron chi connectivity index (χ2n) is 4.42. The third-order valence-electron chi connectivity index (χ3n) is 2.48. The molecule has 104 valence electrons. The molecule has 0 fully saturated rings. The van der Waals surface area contributed by atoms with Gasteiger partial charge in [-0.05, 0) is 38.9 Å². The van der Waals surface area contributed by atoms with E-state index in [1.165, 1.54) is 58.2 Å². The third-order valence-corrected chi connectivity index (χ3v) is 2.48. The molecule has 0 aromatic rings. The summed E-state index contributed by atoms with van der Waals surface area (Å²) in [5.74, 6) is 1.84. The lowest BCUT2D eigenvalue weighted by Gasteiger charge is -2.21. The van der Waals surface area contributed by atoms with Crippen molar-refractivity contribution in [1.29, 1.82) is 0 Å². The molecule has 0 aliphatic carbocycles. The molecule has 0 saturated carbocycles. The molecular formula is C13H30AlCl2N. The smallest absolute Gasteiger partial charge is 0.303 e. The Kier molecular flexibility index (Phi) is 20.5. The van der Waals surface area contributed by atoms with Gasteiger partial charge in [0.2, 0.25) is 0 Å². The Labute approximate surface area is 122 Å². The Morgan fingerprint density at radius 3 is 1.18 bits per heavy atom. The molecule has 0 bridgehead atoms. The number of rotatable bonds is 9. The summed E-state index contributed by atoms with van der Waals surface area (Å²) in [4.78, 5) is 2.64. The van der Waals surface area contributed by atoms with E-state index in [2.05, 4.69) is 25.7 Å². The number of halogens is 2. The summed E-state index contributed by atoms with van der Waals surface area (Å²) in [5.41, 5.74) is 0. The summed E-state index contributed by atoms with van der Waals surface area (Å²) < 4.78 is 0. The van der Waals surface area contributed by atoms with E-state index >= 15 is 0 Å². The van der Waals surface area contributed by atoms with Gasteiger partial charge in [-0.15, -0.1) is 0 Å². The van der Waals surface area contributed by atoms with E-state index in [-0.39, 0.29) is 0 Å². The first-order valence-electron chi connectivity index (χ1n) is 7.08. The lowest BCUT2D eigenvalue weighted by atomic mass is 10.2. The SMILES string of the molecule is CCCCN(CCCC)CCCC.[CH3][Al]([Cl])[Cl]. The van der Waals surface area contributed by atoms with Crippen LogP contribution in [-0.4, -0.2) is 36.8 Å². The number of nitrogens with zero attached hydrogens (tertiary/aromatic N) is 1. The van der Waals surface area contributed by atoms with E-state index in [9.17, 15) is 0 Å². The normalized spacial score (nSPS) is 10.1. The van der Waals surface area contributed by atoms with Gasteiger partial charge < -0.3 is 4.90 Å². The maximum atomic E-state index is 5.18. The van der Waals surface area contributed by atoms with Crippen LogP contribution in [0.5, 0.6) is 0 Å². The fraction of sp³-hybridized carbons (Fsp3) is 1.00. The van der Waals surface area contributed by atoms with E-state index in [1.54, 1.807) is 0 Å². The van der Waals surface area contributed by atoms with Crippen molar-refractivity contribution in [3.8, 4) is 0 Å². The quantitative estimate of drug-likeness (QED) is 0.524. The Hall–Kier alpha value is 1.07. The fourth-order valence-corrected chi connectivity index (χ4v) is 1.48. The zero-order valence-corrected chi connectivity index (χ0v) is 14.8. The molecule has 17 heavy (non-hydrogen) atoms. The maximum absolute atomic E-state index is 5.18. The first-order chi connectivity index (χ1) is 8.08. The topological polar surface area (TPSA) is 3.24 Å². The zero-order valence-electron chi connectivity index (χ0n) is 12.1. The van der Waals surface area contributed by atoms with Crippen LogP contribution in [-0.2, 0) is 0 Å². The third kappa shape index (κ3) is 22.7. The molecule has 0 N–H and O–H groups in total. The van der Waals surface area contributed by atoms with Crippen LogP contribution in [0.2, 0.25) is 5.79 Å². The highest BCUT2D eigenvalue weighted by Crippen LogP contribution is 2.01. The molecule has 0 radical (unpaired) electrons. The molecule has 0 aliphatic rings. The average molecular weight is 298 g/mol. The van der Waals surface area contributed by atoms with Crippen LogP contribution in [0.4, 0.5) is 0 Å². The molecule has 4 heteroatoms. The van der Waals surface area contributed by atoms with Crippen molar-refractivity contribution in [3.05, 3.63) is 0 Å². The van der Waals surface area contributed by atoms with Crippen molar-refractivity contribution < 1.29 is 0 Å². The highest BCUT2D eigenvalue weighted by molar-refractivity contribution is 7.33. The molecule has 0 amide bonds. The van der Waals surface area contributed by atoms with E-state index in [0.717, 1.165) is 0 Å². The summed E-state index contributed by atoms with van der Waals surface area (Å²) in [6.45, 7) is 10.8. The van der Waals surface area contributed by atoms with Crippen LogP contribution >= 0.6 is 20.1 Å². The molecule has 0 heterocycles. The van der Waals surface area contributed by atoms with Crippen LogP contribution in [0.3, 0.4) is 0 Å². The first kappa shape index (κ1) is 20.4. The van der Waals surface area contributed by atoms with Crippen LogP contribution in [0, 0.1) is 0 Å². The Balaban J connectivity index is 0. The minimum absolute atomic E-state index is 1.19. The maximum Gasteiger partial charge on any atom is 0.516 e. The van der Waals surface area contributed by atoms with Crippen molar-refractivity contribution in [2.24, 2.45) is 0 Å². The van der Waals surface area contributed by atoms with E-state index in [1.807, 2.05) is 5.79 Å². The lowest BCUT2D eigenvalue weighted by molar-refractivity contribution is 0.261. The highest BCUT2D eigenvalue weighted by atomic mass is 35.7. The van der Waals surface area contributed by atoms with Crippen molar-refractivity contribution in [2.75, 3.05) is 19.6 Å². The molecule has 1 nitrogen and oxygen atoms in total. The number of hydrogen-bond acceptors (Lipinski definition) is 1. The summed E-state index contributed by atoms with van der Waals surface area (Å²) >= 11 is -1.19. The van der Waals surface area contributed by atoms with Crippen molar-refractivity contribution in [3.63, 3.8) is 0 Å². The predicted molar refractivity (Wildman–Crippen MR) is 84.5 cm³/mol. The van der Waals surface area contributed by atoms with Gasteiger partial charge in [0.25, 0.3) is 0 Å². The first-order valence-corrected chi connectivity index (χ1v) is 11.7. The molecule has 0 aromatic heterocycles. The zero-order chi connectivity index (χ0) is 13.5. The lowest BCUT2D eigenvalue weighted by Crippen LogP contribution is -2.27. The summed E-state index contributed by atoms with van der Waals surface area (Å²) in [7, 11) is 10.4. The Bertz CT molecular complexity index is 113. The molecule has 0 unspecified atom stereocenters. The van der Waals surface area contributed by atoms with Gasteiger partial charge in [0.1, 0.15) is 0 Å². The number of unbranched alkanes of at least 4 members (excludes halogenated alkanes) is 3. The minimum atomic E-state index is -1.19. The molecule has 0 saturated heterocycles. The standard InChI is InChI=1S/C12H27N.CH3.Al.2ClH/c1-4-7-10-13(11-8-5-2)12-9-6-3;;;;/h4-12H2,1-3H3;1H3;;2*1H/q;;+2;;/p-2.